The summed E-state index contributed by atoms with van der Waals surface area (Å²) in [5.74, 6) is 2.18. The molecule has 0 aromatic heterocycles. The van der Waals surface area contributed by atoms with Gasteiger partial charge in [0.1, 0.15) is 11.9 Å². The quantitative estimate of drug-likeness (QED) is 0.697. The number of carbonyl (C=O) groups excluding carboxylic acids is 1. The lowest BCUT2D eigenvalue weighted by Crippen LogP contribution is -2.37. The fourth-order valence-electron chi connectivity index (χ4n) is 4.29. The predicted molar refractivity (Wildman–Crippen MR) is 121 cm³/mol. The van der Waals surface area contributed by atoms with Crippen molar-refractivity contribution in [1.29, 1.82) is 0 Å². The highest BCUT2D eigenvalue weighted by molar-refractivity contribution is 7.99. The van der Waals surface area contributed by atoms with E-state index in [1.807, 2.05) is 17.8 Å². The largest absolute Gasteiger partial charge is 0.442 e. The van der Waals surface area contributed by atoms with Gasteiger partial charge in [0.2, 0.25) is 0 Å². The Kier molecular flexibility index (Phi) is 6.80. The first-order chi connectivity index (χ1) is 14.1. The summed E-state index contributed by atoms with van der Waals surface area (Å²) in [6.45, 7) is 2.60. The first-order valence-corrected chi connectivity index (χ1v) is 12.1. The van der Waals surface area contributed by atoms with Gasteiger partial charge in [0, 0.05) is 30.5 Å². The van der Waals surface area contributed by atoms with Crippen LogP contribution in [0.3, 0.4) is 0 Å². The molecule has 1 aromatic carbocycles. The summed E-state index contributed by atoms with van der Waals surface area (Å²) in [4.78, 5) is 16.8. The van der Waals surface area contributed by atoms with Crippen molar-refractivity contribution in [3.05, 3.63) is 24.0 Å². The van der Waals surface area contributed by atoms with Crippen LogP contribution in [0.5, 0.6) is 0 Å². The smallest absolute Gasteiger partial charge is 0.414 e. The average Bonchev–Trinajstić information content (AvgIpc) is 3.13. The SMILES string of the molecule is O=C1O[C@@H](CNC(=S)C2CCCCC2)CN1c1ccc(N2CCSCC2)c(F)c1. The molecule has 0 bridgehead atoms. The van der Waals surface area contributed by atoms with Crippen molar-refractivity contribution in [2.45, 2.75) is 38.2 Å². The number of hydrogen-bond acceptors (Lipinski definition) is 5. The first-order valence-electron chi connectivity index (χ1n) is 10.5. The van der Waals surface area contributed by atoms with Crippen LogP contribution < -0.4 is 15.1 Å². The van der Waals surface area contributed by atoms with Crippen molar-refractivity contribution in [2.75, 3.05) is 47.5 Å². The Morgan fingerprint density at radius 2 is 2.00 bits per heavy atom. The fraction of sp³-hybridized carbons (Fsp3) is 0.619. The summed E-state index contributed by atoms with van der Waals surface area (Å²) in [6, 6.07) is 5.03. The normalized spacial score (nSPS) is 23.2. The molecule has 2 saturated heterocycles. The summed E-state index contributed by atoms with van der Waals surface area (Å²) >= 11 is 7.42. The minimum absolute atomic E-state index is 0.286. The van der Waals surface area contributed by atoms with E-state index >= 15 is 0 Å². The van der Waals surface area contributed by atoms with E-state index in [2.05, 4.69) is 10.2 Å². The third-order valence-electron chi connectivity index (χ3n) is 5.95. The van der Waals surface area contributed by atoms with E-state index in [0.29, 0.717) is 30.4 Å². The molecule has 1 amide bonds. The van der Waals surface area contributed by atoms with E-state index in [1.54, 1.807) is 6.07 Å². The molecule has 1 N–H and O–H groups in total. The monoisotopic (exact) mass is 437 g/mol. The molecule has 1 saturated carbocycles. The van der Waals surface area contributed by atoms with Crippen LogP contribution in [-0.4, -0.2) is 54.9 Å². The molecule has 29 heavy (non-hydrogen) atoms. The van der Waals surface area contributed by atoms with Crippen LogP contribution in [-0.2, 0) is 4.74 Å². The zero-order valence-electron chi connectivity index (χ0n) is 16.6. The highest BCUT2D eigenvalue weighted by Crippen LogP contribution is 2.29. The molecule has 4 rings (SSSR count). The van der Waals surface area contributed by atoms with Crippen molar-refractivity contribution < 1.29 is 13.9 Å². The standard InChI is InChI=1S/C21H28FN3O2S2/c22-18-12-16(6-7-19(18)24-8-10-29-11-9-24)25-14-17(27-21(25)26)13-23-20(28)15-4-2-1-3-5-15/h6-7,12,15,17H,1-5,8-11,13-14H2,(H,23,28)/t17-/m0/s1. The Balaban J connectivity index is 1.34. The van der Waals surface area contributed by atoms with Crippen LogP contribution >= 0.6 is 24.0 Å². The van der Waals surface area contributed by atoms with Gasteiger partial charge < -0.3 is 15.0 Å². The van der Waals surface area contributed by atoms with E-state index in [9.17, 15) is 9.18 Å². The number of nitrogens with zero attached hydrogens (tertiary/aromatic N) is 2. The van der Waals surface area contributed by atoms with Crippen molar-refractivity contribution >= 4 is 46.4 Å². The van der Waals surface area contributed by atoms with Gasteiger partial charge in [-0.3, -0.25) is 4.90 Å². The lowest BCUT2D eigenvalue weighted by Gasteiger charge is -2.29. The van der Waals surface area contributed by atoms with E-state index in [4.69, 9.17) is 17.0 Å². The molecule has 8 heteroatoms. The molecule has 0 unspecified atom stereocenters. The number of thiocarbonyl (C=S) groups is 1. The topological polar surface area (TPSA) is 44.8 Å². The summed E-state index contributed by atoms with van der Waals surface area (Å²) < 4.78 is 20.2. The number of benzene rings is 1. The average molecular weight is 438 g/mol. The van der Waals surface area contributed by atoms with Crippen molar-refractivity contribution in [2.24, 2.45) is 5.92 Å². The van der Waals surface area contributed by atoms with E-state index < -0.39 is 6.09 Å². The van der Waals surface area contributed by atoms with Crippen LogP contribution in [0, 0.1) is 11.7 Å². The number of rotatable bonds is 5. The van der Waals surface area contributed by atoms with Crippen LogP contribution in [0.25, 0.3) is 0 Å². The predicted octanol–water partition coefficient (Wildman–Crippen LogP) is 4.20. The molecule has 2 heterocycles. The summed E-state index contributed by atoms with van der Waals surface area (Å²) in [5, 5.41) is 3.30. The number of nitrogens with one attached hydrogen (secondary N) is 1. The molecule has 1 aliphatic carbocycles. The van der Waals surface area contributed by atoms with Crippen molar-refractivity contribution in [3.8, 4) is 0 Å². The highest BCUT2D eigenvalue weighted by atomic mass is 32.2. The number of cyclic esters (lactones) is 1. The molecule has 3 aliphatic rings. The molecule has 0 radical (unpaired) electrons. The Bertz CT molecular complexity index is 751. The number of anilines is 2. The van der Waals surface area contributed by atoms with Gasteiger partial charge in [-0.25, -0.2) is 9.18 Å². The van der Waals surface area contributed by atoms with Gasteiger partial charge in [0.05, 0.1) is 29.5 Å². The summed E-state index contributed by atoms with van der Waals surface area (Å²) in [6.07, 6.45) is 5.33. The number of ether oxygens (including phenoxy) is 1. The second-order valence-corrected chi connectivity index (χ2v) is 9.60. The lowest BCUT2D eigenvalue weighted by molar-refractivity contribution is 0.142. The van der Waals surface area contributed by atoms with E-state index in [0.717, 1.165) is 42.4 Å². The Morgan fingerprint density at radius 1 is 1.24 bits per heavy atom. The molecule has 1 aromatic rings. The second kappa shape index (κ2) is 9.51. The van der Waals surface area contributed by atoms with Gasteiger partial charge in [-0.1, -0.05) is 31.5 Å². The van der Waals surface area contributed by atoms with Gasteiger partial charge in [-0.15, -0.1) is 0 Å². The van der Waals surface area contributed by atoms with Crippen LogP contribution in [0.4, 0.5) is 20.6 Å². The number of halogens is 1. The molecule has 1 atom stereocenters. The highest BCUT2D eigenvalue weighted by Gasteiger charge is 2.33. The van der Waals surface area contributed by atoms with Crippen LogP contribution in [0.15, 0.2) is 18.2 Å². The Hall–Kier alpha value is -1.54. The first kappa shape index (κ1) is 20.7. The third-order valence-corrected chi connectivity index (χ3v) is 7.37. The minimum Gasteiger partial charge on any atom is -0.442 e. The number of amides is 1. The molecule has 0 spiro atoms. The van der Waals surface area contributed by atoms with E-state index in [-0.39, 0.29) is 11.9 Å². The van der Waals surface area contributed by atoms with Gasteiger partial charge in [-0.2, -0.15) is 11.8 Å². The zero-order valence-corrected chi connectivity index (χ0v) is 18.2. The van der Waals surface area contributed by atoms with E-state index in [1.165, 1.54) is 30.2 Å². The maximum Gasteiger partial charge on any atom is 0.414 e. The lowest BCUT2D eigenvalue weighted by atomic mass is 9.89. The molecular formula is C21H28FN3O2S2. The Labute approximate surface area is 181 Å². The molecular weight excluding hydrogens is 409 g/mol. The minimum atomic E-state index is -0.429. The van der Waals surface area contributed by atoms with Gasteiger partial charge in [0.15, 0.2) is 0 Å². The third kappa shape index (κ3) is 4.97. The number of carbonyl (C=O) groups is 1. The summed E-state index contributed by atoms with van der Waals surface area (Å²) in [5.41, 5.74) is 1.15. The van der Waals surface area contributed by atoms with Crippen LogP contribution in [0.2, 0.25) is 0 Å². The maximum atomic E-state index is 14.7. The summed E-state index contributed by atoms with van der Waals surface area (Å²) in [7, 11) is 0. The van der Waals surface area contributed by atoms with Crippen LogP contribution in [0.1, 0.15) is 32.1 Å². The molecule has 2 aliphatic heterocycles. The number of thioether (sulfide) groups is 1. The van der Waals surface area contributed by atoms with Gasteiger partial charge in [-0.05, 0) is 31.0 Å². The molecule has 3 fully saturated rings. The van der Waals surface area contributed by atoms with Gasteiger partial charge in [0.25, 0.3) is 0 Å². The molecule has 5 nitrogen and oxygen atoms in total. The van der Waals surface area contributed by atoms with Crippen molar-refractivity contribution in [1.82, 2.24) is 5.32 Å². The second-order valence-electron chi connectivity index (χ2n) is 7.93. The fourth-order valence-corrected chi connectivity index (χ4v) is 5.51. The van der Waals surface area contributed by atoms with Crippen molar-refractivity contribution in [3.63, 3.8) is 0 Å². The molecule has 158 valence electrons. The van der Waals surface area contributed by atoms with Gasteiger partial charge >= 0.3 is 6.09 Å². The number of hydrogen-bond donors (Lipinski definition) is 1. The zero-order chi connectivity index (χ0) is 20.2. The Morgan fingerprint density at radius 3 is 2.72 bits per heavy atom. The maximum absolute atomic E-state index is 14.7.